The van der Waals surface area contributed by atoms with Gasteiger partial charge in [-0.25, -0.2) is 4.79 Å². The average molecular weight is 548 g/mol. The van der Waals surface area contributed by atoms with Gasteiger partial charge in [-0.05, 0) is 60.5 Å². The van der Waals surface area contributed by atoms with E-state index < -0.39 is 23.9 Å². The molecule has 1 aliphatic rings. The van der Waals surface area contributed by atoms with E-state index in [4.69, 9.17) is 28.1 Å². The first-order chi connectivity index (χ1) is 19.4. The average Bonchev–Trinajstić information content (AvgIpc) is 2.97. The van der Waals surface area contributed by atoms with Gasteiger partial charge in [-0.1, -0.05) is 12.1 Å². The van der Waals surface area contributed by atoms with Gasteiger partial charge in [-0.2, -0.15) is 0 Å². The van der Waals surface area contributed by atoms with Gasteiger partial charge in [0.1, 0.15) is 17.2 Å². The summed E-state index contributed by atoms with van der Waals surface area (Å²) in [7, 11) is 4.56. The third-order valence-corrected chi connectivity index (χ3v) is 6.59. The second-order valence-corrected chi connectivity index (χ2v) is 9.16. The Labute approximate surface area is 230 Å². The van der Waals surface area contributed by atoms with Gasteiger partial charge in [0.15, 0.2) is 11.3 Å². The zero-order chi connectivity index (χ0) is 28.2. The van der Waals surface area contributed by atoms with Gasteiger partial charge in [0.05, 0.1) is 34.0 Å². The number of methoxy groups -OCH3 is 3. The molecule has 1 saturated heterocycles. The molecule has 40 heavy (non-hydrogen) atoms. The first-order valence-corrected chi connectivity index (χ1v) is 12.6. The number of carbonyl (C=O) groups is 1. The van der Waals surface area contributed by atoms with E-state index in [-0.39, 0.29) is 17.0 Å². The van der Waals surface area contributed by atoms with Crippen LogP contribution >= 0.6 is 0 Å². The van der Waals surface area contributed by atoms with Crippen LogP contribution in [0.25, 0.3) is 22.1 Å². The van der Waals surface area contributed by atoms with E-state index in [1.54, 1.807) is 44.6 Å². The lowest BCUT2D eigenvalue weighted by Crippen LogP contribution is -2.33. The molecular formula is C30H29NO9. The molecule has 0 aliphatic carbocycles. The molecule has 0 bridgehead atoms. The Balaban J connectivity index is 1.42. The van der Waals surface area contributed by atoms with Gasteiger partial charge >= 0.3 is 5.63 Å². The van der Waals surface area contributed by atoms with Crippen molar-refractivity contribution in [2.24, 2.45) is 0 Å². The molecule has 1 amide bonds. The van der Waals surface area contributed by atoms with Gasteiger partial charge in [0, 0.05) is 22.9 Å². The molecule has 2 atom stereocenters. The van der Waals surface area contributed by atoms with Gasteiger partial charge in [-0.15, -0.1) is 0 Å². The van der Waals surface area contributed by atoms with Crippen LogP contribution in [0.2, 0.25) is 0 Å². The van der Waals surface area contributed by atoms with Crippen molar-refractivity contribution >= 4 is 22.6 Å². The summed E-state index contributed by atoms with van der Waals surface area (Å²) < 4.78 is 33.3. The van der Waals surface area contributed by atoms with E-state index in [9.17, 15) is 14.7 Å². The highest BCUT2D eigenvalue weighted by Crippen LogP contribution is 2.37. The maximum absolute atomic E-state index is 13.2. The van der Waals surface area contributed by atoms with E-state index in [1.165, 1.54) is 13.2 Å². The number of hydrogen-bond donors (Lipinski definition) is 2. The molecule has 10 heteroatoms. The zero-order valence-corrected chi connectivity index (χ0v) is 22.3. The summed E-state index contributed by atoms with van der Waals surface area (Å²) in [5, 5.41) is 13.1. The molecule has 1 aliphatic heterocycles. The van der Waals surface area contributed by atoms with E-state index in [0.717, 1.165) is 5.56 Å². The monoisotopic (exact) mass is 547 g/mol. The number of benzene rings is 3. The van der Waals surface area contributed by atoms with Crippen LogP contribution in [0.1, 0.15) is 23.2 Å². The Morgan fingerprint density at radius 3 is 2.55 bits per heavy atom. The van der Waals surface area contributed by atoms with E-state index in [1.807, 2.05) is 24.3 Å². The van der Waals surface area contributed by atoms with Crippen molar-refractivity contribution in [1.29, 1.82) is 0 Å². The van der Waals surface area contributed by atoms with E-state index >= 15 is 0 Å². The van der Waals surface area contributed by atoms with Crippen LogP contribution in [-0.2, 0) is 4.74 Å². The van der Waals surface area contributed by atoms with Gasteiger partial charge in [0.25, 0.3) is 5.91 Å². The molecule has 2 N–H and O–H groups in total. The number of aliphatic hydroxyl groups excluding tert-OH is 1. The number of rotatable bonds is 8. The van der Waals surface area contributed by atoms with E-state index in [2.05, 4.69) is 5.32 Å². The van der Waals surface area contributed by atoms with Gasteiger partial charge < -0.3 is 38.5 Å². The Morgan fingerprint density at radius 1 is 0.975 bits per heavy atom. The molecule has 0 spiro atoms. The summed E-state index contributed by atoms with van der Waals surface area (Å²) in [6.07, 6.45) is -0.337. The first-order valence-electron chi connectivity index (χ1n) is 12.6. The van der Waals surface area contributed by atoms with E-state index in [0.29, 0.717) is 53.2 Å². The SMILES string of the molecule is COc1cccc(-c2cc(C(=O)Nc3cc4ccc(O[C@H]5C[C@H](O)CCO5)c(OC)c4oc3=O)ccc2OC)c1. The minimum atomic E-state index is -0.762. The third kappa shape index (κ3) is 5.58. The fourth-order valence-corrected chi connectivity index (χ4v) is 4.54. The topological polar surface area (TPSA) is 126 Å². The highest BCUT2D eigenvalue weighted by Gasteiger charge is 2.25. The fourth-order valence-electron chi connectivity index (χ4n) is 4.54. The van der Waals surface area contributed by atoms with Crippen molar-refractivity contribution in [2.75, 3.05) is 33.3 Å². The molecular weight excluding hydrogens is 518 g/mol. The fraction of sp³-hybridized carbons (Fsp3) is 0.267. The molecule has 0 unspecified atom stereocenters. The standard InChI is InChI=1S/C30H29NO9/c1-35-21-6-4-5-17(13-21)22-14-19(8-9-24(22)36-2)29(33)31-23-15-18-7-10-25(28(37-3)27(18)40-30(23)34)39-26-16-20(32)11-12-38-26/h4-10,13-15,20,26,32H,11-12,16H2,1-3H3,(H,31,33)/t20-,26+/m1/s1. The molecule has 5 rings (SSSR count). The van der Waals surface area contributed by atoms with Crippen LogP contribution in [0.5, 0.6) is 23.0 Å². The van der Waals surface area contributed by atoms with Crippen molar-refractivity contribution in [2.45, 2.75) is 25.2 Å². The summed E-state index contributed by atoms with van der Waals surface area (Å²) in [5.41, 5.74) is 1.16. The van der Waals surface area contributed by atoms with Crippen molar-refractivity contribution in [3.05, 3.63) is 76.6 Å². The quantitative estimate of drug-likeness (QED) is 0.304. The molecule has 1 fully saturated rings. The highest BCUT2D eigenvalue weighted by atomic mass is 16.7. The van der Waals surface area contributed by atoms with Crippen molar-refractivity contribution in [1.82, 2.24) is 0 Å². The van der Waals surface area contributed by atoms with Crippen molar-refractivity contribution in [3.8, 4) is 34.1 Å². The Morgan fingerprint density at radius 2 is 1.80 bits per heavy atom. The molecule has 0 saturated carbocycles. The zero-order valence-electron chi connectivity index (χ0n) is 22.3. The molecule has 0 radical (unpaired) electrons. The summed E-state index contributed by atoms with van der Waals surface area (Å²) in [6, 6.07) is 17.2. The minimum absolute atomic E-state index is 0.0364. The number of anilines is 1. The third-order valence-electron chi connectivity index (χ3n) is 6.59. The summed E-state index contributed by atoms with van der Waals surface area (Å²) >= 11 is 0. The minimum Gasteiger partial charge on any atom is -0.497 e. The number of aliphatic hydroxyl groups is 1. The van der Waals surface area contributed by atoms with Crippen LogP contribution in [0.4, 0.5) is 5.69 Å². The smallest absolute Gasteiger partial charge is 0.360 e. The Hall–Kier alpha value is -4.54. The molecule has 2 heterocycles. The normalized spacial score (nSPS) is 16.8. The van der Waals surface area contributed by atoms with Crippen molar-refractivity contribution in [3.63, 3.8) is 0 Å². The lowest BCUT2D eigenvalue weighted by atomic mass is 10.0. The molecule has 208 valence electrons. The lowest BCUT2D eigenvalue weighted by Gasteiger charge is -2.27. The predicted octanol–water partition coefficient (Wildman–Crippen LogP) is 4.61. The number of ether oxygens (including phenoxy) is 5. The molecule has 10 nitrogen and oxygen atoms in total. The number of carbonyl (C=O) groups excluding carboxylic acids is 1. The lowest BCUT2D eigenvalue weighted by molar-refractivity contribution is -0.137. The number of fused-ring (bicyclic) bond motifs is 1. The van der Waals surface area contributed by atoms with Gasteiger partial charge in [-0.3, -0.25) is 4.79 Å². The second kappa shape index (κ2) is 11.7. The summed E-state index contributed by atoms with van der Waals surface area (Å²) in [4.78, 5) is 26.1. The predicted molar refractivity (Wildman–Crippen MR) is 148 cm³/mol. The van der Waals surface area contributed by atoms with Crippen molar-refractivity contribution < 1.29 is 38.0 Å². The highest BCUT2D eigenvalue weighted by molar-refractivity contribution is 6.06. The number of hydrogen-bond acceptors (Lipinski definition) is 9. The maximum Gasteiger partial charge on any atom is 0.360 e. The first kappa shape index (κ1) is 27.0. The van der Waals surface area contributed by atoms with Crippen LogP contribution < -0.4 is 29.9 Å². The van der Waals surface area contributed by atoms with Gasteiger partial charge in [0.2, 0.25) is 12.0 Å². The molecule has 1 aromatic heterocycles. The Kier molecular flexibility index (Phi) is 7.90. The van der Waals surface area contributed by atoms with Crippen LogP contribution in [-0.4, -0.2) is 51.3 Å². The van der Waals surface area contributed by atoms with Crippen LogP contribution in [0.15, 0.2) is 69.9 Å². The number of nitrogens with one attached hydrogen (secondary N) is 1. The summed E-state index contributed by atoms with van der Waals surface area (Å²) in [6.45, 7) is 0.370. The maximum atomic E-state index is 13.2. The summed E-state index contributed by atoms with van der Waals surface area (Å²) in [5.74, 6) is 1.24. The van der Waals surface area contributed by atoms with Crippen LogP contribution in [0.3, 0.4) is 0 Å². The van der Waals surface area contributed by atoms with Crippen LogP contribution in [0, 0.1) is 0 Å². The largest absolute Gasteiger partial charge is 0.497 e. The molecule has 4 aromatic rings. The number of amides is 1. The second-order valence-electron chi connectivity index (χ2n) is 9.16. The molecule has 3 aromatic carbocycles. The Bertz CT molecular complexity index is 1600.